The third-order valence-corrected chi connectivity index (χ3v) is 5.30. The number of aryl methyl sites for hydroxylation is 1. The second-order valence-corrected chi connectivity index (χ2v) is 6.97. The second kappa shape index (κ2) is 6.14. The fourth-order valence-electron chi connectivity index (χ4n) is 3.82. The van der Waals surface area contributed by atoms with E-state index in [1.807, 2.05) is 25.6 Å². The monoisotopic (exact) mass is 328 g/mol. The van der Waals surface area contributed by atoms with Gasteiger partial charge in [0.1, 0.15) is 0 Å². The van der Waals surface area contributed by atoms with Crippen molar-refractivity contribution in [2.24, 2.45) is 7.05 Å². The quantitative estimate of drug-likeness (QED) is 0.837. The van der Waals surface area contributed by atoms with Crippen LogP contribution in [0.15, 0.2) is 31.0 Å². The number of nitrogens with zero attached hydrogens (tertiary/aromatic N) is 6. The summed E-state index contributed by atoms with van der Waals surface area (Å²) in [7, 11) is 4.11. The highest BCUT2D eigenvalue weighted by Crippen LogP contribution is 2.37. The molecule has 2 aromatic rings. The van der Waals surface area contributed by atoms with Crippen molar-refractivity contribution >= 4 is 5.95 Å². The van der Waals surface area contributed by atoms with E-state index in [4.69, 9.17) is 4.74 Å². The standard InChI is InChI=1S/C17H24N6O/c1-21-13-18-9-15(21)10-23-7-4-17(12-23)8-14(11-24-17)22(2)16-19-5-3-6-20-16/h3,5-6,9,13-14H,4,7-8,10-12H2,1-2H3/t14-,17+/m0/s1. The Hall–Kier alpha value is -1.99. The zero-order chi connectivity index (χ0) is 16.6. The van der Waals surface area contributed by atoms with Crippen molar-refractivity contribution in [1.29, 1.82) is 0 Å². The number of hydrogen-bond acceptors (Lipinski definition) is 6. The lowest BCUT2D eigenvalue weighted by Crippen LogP contribution is -2.36. The number of imidazole rings is 1. The molecule has 0 aliphatic carbocycles. The molecule has 4 rings (SSSR count). The normalized spacial score (nSPS) is 27.2. The predicted molar refractivity (Wildman–Crippen MR) is 90.6 cm³/mol. The van der Waals surface area contributed by atoms with Crippen LogP contribution in [0.2, 0.25) is 0 Å². The molecule has 2 fully saturated rings. The minimum absolute atomic E-state index is 0.0215. The summed E-state index contributed by atoms with van der Waals surface area (Å²) in [6.45, 7) is 3.74. The van der Waals surface area contributed by atoms with Crippen LogP contribution in [-0.4, -0.2) is 62.8 Å². The van der Waals surface area contributed by atoms with Crippen LogP contribution in [0.4, 0.5) is 5.95 Å². The molecule has 128 valence electrons. The van der Waals surface area contributed by atoms with E-state index >= 15 is 0 Å². The summed E-state index contributed by atoms with van der Waals surface area (Å²) in [5, 5.41) is 0. The van der Waals surface area contributed by atoms with E-state index in [9.17, 15) is 0 Å². The number of anilines is 1. The van der Waals surface area contributed by atoms with E-state index in [0.29, 0.717) is 6.04 Å². The third kappa shape index (κ3) is 2.89. The van der Waals surface area contributed by atoms with Crippen LogP contribution < -0.4 is 4.90 Å². The highest BCUT2D eigenvalue weighted by molar-refractivity contribution is 5.30. The lowest BCUT2D eigenvalue weighted by Gasteiger charge is -2.26. The van der Waals surface area contributed by atoms with Crippen molar-refractivity contribution < 1.29 is 4.74 Å². The maximum atomic E-state index is 6.28. The van der Waals surface area contributed by atoms with Gasteiger partial charge in [-0.3, -0.25) is 4.90 Å². The van der Waals surface area contributed by atoms with E-state index in [1.165, 1.54) is 5.69 Å². The van der Waals surface area contributed by atoms with Gasteiger partial charge in [0.25, 0.3) is 0 Å². The summed E-state index contributed by atoms with van der Waals surface area (Å²) >= 11 is 0. The predicted octanol–water partition coefficient (Wildman–Crippen LogP) is 1.08. The number of ether oxygens (including phenoxy) is 1. The second-order valence-electron chi connectivity index (χ2n) is 6.97. The molecular formula is C17H24N6O. The van der Waals surface area contributed by atoms with Crippen molar-refractivity contribution in [1.82, 2.24) is 24.4 Å². The first-order valence-corrected chi connectivity index (χ1v) is 8.47. The Morgan fingerprint density at radius 3 is 2.96 bits per heavy atom. The van der Waals surface area contributed by atoms with Gasteiger partial charge in [-0.05, 0) is 12.5 Å². The van der Waals surface area contributed by atoms with Gasteiger partial charge in [-0.25, -0.2) is 15.0 Å². The molecule has 2 aromatic heterocycles. The summed E-state index contributed by atoms with van der Waals surface area (Å²) in [5.74, 6) is 0.771. The molecule has 7 nitrogen and oxygen atoms in total. The number of likely N-dealkylation sites (N-methyl/N-ethyl adjacent to an activating group) is 1. The van der Waals surface area contributed by atoms with Gasteiger partial charge >= 0.3 is 0 Å². The van der Waals surface area contributed by atoms with Crippen LogP contribution in [0.1, 0.15) is 18.5 Å². The Morgan fingerprint density at radius 1 is 1.38 bits per heavy atom. The number of rotatable bonds is 4. The van der Waals surface area contributed by atoms with E-state index in [-0.39, 0.29) is 5.60 Å². The van der Waals surface area contributed by atoms with Gasteiger partial charge in [-0.1, -0.05) is 0 Å². The highest BCUT2D eigenvalue weighted by atomic mass is 16.5. The average molecular weight is 328 g/mol. The number of aromatic nitrogens is 4. The first-order valence-electron chi connectivity index (χ1n) is 8.47. The Kier molecular flexibility index (Phi) is 3.97. The van der Waals surface area contributed by atoms with Gasteiger partial charge in [0.15, 0.2) is 0 Å². The van der Waals surface area contributed by atoms with Crippen molar-refractivity contribution in [3.8, 4) is 0 Å². The molecule has 0 aromatic carbocycles. The van der Waals surface area contributed by atoms with E-state index in [0.717, 1.165) is 45.0 Å². The first-order chi connectivity index (χ1) is 11.7. The Labute approximate surface area is 142 Å². The summed E-state index contributed by atoms with van der Waals surface area (Å²) in [6.07, 6.45) is 9.50. The number of hydrogen-bond donors (Lipinski definition) is 0. The van der Waals surface area contributed by atoms with Crippen LogP contribution in [0.3, 0.4) is 0 Å². The van der Waals surface area contributed by atoms with Crippen molar-refractivity contribution in [3.63, 3.8) is 0 Å². The molecule has 4 heterocycles. The highest BCUT2D eigenvalue weighted by Gasteiger charge is 2.46. The molecule has 2 aliphatic heterocycles. The number of likely N-dealkylation sites (tertiary alicyclic amines) is 1. The molecule has 24 heavy (non-hydrogen) atoms. The molecule has 7 heteroatoms. The topological polar surface area (TPSA) is 59.3 Å². The van der Waals surface area contributed by atoms with Crippen LogP contribution in [0, 0.1) is 0 Å². The van der Waals surface area contributed by atoms with Gasteiger partial charge in [-0.2, -0.15) is 0 Å². The van der Waals surface area contributed by atoms with E-state index in [1.54, 1.807) is 12.4 Å². The largest absolute Gasteiger partial charge is 0.371 e. The van der Waals surface area contributed by atoms with Crippen molar-refractivity contribution in [3.05, 3.63) is 36.7 Å². The average Bonchev–Trinajstić information content (AvgIpc) is 3.31. The zero-order valence-electron chi connectivity index (χ0n) is 14.3. The van der Waals surface area contributed by atoms with Gasteiger partial charge < -0.3 is 14.2 Å². The summed E-state index contributed by atoms with van der Waals surface area (Å²) < 4.78 is 8.36. The van der Waals surface area contributed by atoms with Crippen LogP contribution in [-0.2, 0) is 18.3 Å². The molecule has 2 atom stereocenters. The lowest BCUT2D eigenvalue weighted by molar-refractivity contribution is 0.0117. The maximum absolute atomic E-state index is 6.28. The minimum Gasteiger partial charge on any atom is -0.371 e. The van der Waals surface area contributed by atoms with Gasteiger partial charge in [-0.15, -0.1) is 0 Å². The molecule has 0 radical (unpaired) electrons. The zero-order valence-corrected chi connectivity index (χ0v) is 14.3. The van der Waals surface area contributed by atoms with E-state index in [2.05, 4.69) is 36.4 Å². The molecule has 0 unspecified atom stereocenters. The van der Waals surface area contributed by atoms with Crippen molar-refractivity contribution in [2.75, 3.05) is 31.6 Å². The summed E-state index contributed by atoms with van der Waals surface area (Å²) in [5.41, 5.74) is 1.23. The third-order valence-electron chi connectivity index (χ3n) is 5.30. The minimum atomic E-state index is -0.0215. The summed E-state index contributed by atoms with van der Waals surface area (Å²) in [6, 6.07) is 2.18. The first kappa shape index (κ1) is 15.5. The van der Waals surface area contributed by atoms with Crippen LogP contribution in [0.5, 0.6) is 0 Å². The molecule has 0 N–H and O–H groups in total. The Balaban J connectivity index is 1.39. The molecule has 0 saturated carbocycles. The fraction of sp³-hybridized carbons (Fsp3) is 0.588. The molecule has 1 spiro atoms. The SMILES string of the molecule is CN(c1ncccn1)[C@@H]1CO[C@]2(CCN(Cc3cncn3C)C2)C1. The lowest BCUT2D eigenvalue weighted by atomic mass is 9.97. The molecular weight excluding hydrogens is 304 g/mol. The maximum Gasteiger partial charge on any atom is 0.225 e. The molecule has 2 aliphatic rings. The fourth-order valence-corrected chi connectivity index (χ4v) is 3.82. The summed E-state index contributed by atoms with van der Waals surface area (Å²) in [4.78, 5) is 17.5. The molecule has 0 amide bonds. The Bertz CT molecular complexity index is 689. The van der Waals surface area contributed by atoms with Gasteiger partial charge in [0.2, 0.25) is 5.95 Å². The molecule has 0 bridgehead atoms. The van der Waals surface area contributed by atoms with Crippen LogP contribution in [0.25, 0.3) is 0 Å². The smallest absolute Gasteiger partial charge is 0.225 e. The molecule has 2 saturated heterocycles. The van der Waals surface area contributed by atoms with Gasteiger partial charge in [0.05, 0.1) is 30.3 Å². The van der Waals surface area contributed by atoms with E-state index < -0.39 is 0 Å². The van der Waals surface area contributed by atoms with Gasteiger partial charge in [0, 0.05) is 58.7 Å². The van der Waals surface area contributed by atoms with Crippen molar-refractivity contribution in [2.45, 2.75) is 31.0 Å². The Morgan fingerprint density at radius 2 is 2.21 bits per heavy atom. The van der Waals surface area contributed by atoms with Crippen LogP contribution >= 0.6 is 0 Å².